The van der Waals surface area contributed by atoms with Gasteiger partial charge < -0.3 is 15.7 Å². The van der Waals surface area contributed by atoms with Crippen molar-refractivity contribution >= 4 is 23.0 Å². The Kier molecular flexibility index (Phi) is 2.13. The second-order valence-corrected chi connectivity index (χ2v) is 3.12. The molecule has 0 fully saturated rings. The number of nitrogens with one attached hydrogen (secondary N) is 2. The number of carbonyl (C=O) groups excluding carboxylic acids is 1. The van der Waals surface area contributed by atoms with Gasteiger partial charge in [-0.1, -0.05) is 6.07 Å². The number of rotatable bonds is 2. The summed E-state index contributed by atoms with van der Waals surface area (Å²) >= 11 is 0. The van der Waals surface area contributed by atoms with Gasteiger partial charge in [0.25, 0.3) is 0 Å². The molecule has 2 rings (SSSR count). The van der Waals surface area contributed by atoms with Crippen LogP contribution in [0.3, 0.4) is 0 Å². The van der Waals surface area contributed by atoms with E-state index in [1.54, 1.807) is 24.3 Å². The molecule has 2 aromatic rings. The molecule has 0 atom stereocenters. The zero-order valence-electron chi connectivity index (χ0n) is 7.78. The predicted molar refractivity (Wildman–Crippen MR) is 57.1 cm³/mol. The summed E-state index contributed by atoms with van der Waals surface area (Å²) in [5, 5.41) is 0. The van der Waals surface area contributed by atoms with Crippen LogP contribution >= 0.6 is 0 Å². The lowest BCUT2D eigenvalue weighted by atomic mass is 10.2. The minimum absolute atomic E-state index is 0.249. The Bertz CT molecular complexity index is 592. The molecule has 76 valence electrons. The highest BCUT2D eigenvalue weighted by Gasteiger charge is 1.97. The summed E-state index contributed by atoms with van der Waals surface area (Å²) in [7, 11) is 0. The van der Waals surface area contributed by atoms with E-state index in [0.717, 1.165) is 11.1 Å². The van der Waals surface area contributed by atoms with Crippen LogP contribution in [-0.4, -0.2) is 15.9 Å². The molecular weight excluding hydrogens is 194 g/mol. The molecule has 0 spiro atoms. The quantitative estimate of drug-likeness (QED) is 0.614. The third kappa shape index (κ3) is 1.96. The molecule has 1 aromatic carbocycles. The number of hydrogen-bond donors (Lipinski definition) is 3. The van der Waals surface area contributed by atoms with Gasteiger partial charge in [-0.25, -0.2) is 4.79 Å². The van der Waals surface area contributed by atoms with Crippen molar-refractivity contribution in [2.24, 2.45) is 5.73 Å². The molecule has 0 saturated heterocycles. The normalized spacial score (nSPS) is 11.2. The van der Waals surface area contributed by atoms with Crippen LogP contribution in [0.1, 0.15) is 5.56 Å². The summed E-state index contributed by atoms with van der Waals surface area (Å²) in [5.41, 5.74) is 6.95. The zero-order chi connectivity index (χ0) is 10.8. The first-order chi connectivity index (χ1) is 7.15. The number of carbonyl (C=O) groups is 1. The first-order valence-electron chi connectivity index (χ1n) is 4.35. The Balaban J connectivity index is 2.46. The van der Waals surface area contributed by atoms with E-state index in [9.17, 15) is 9.59 Å². The number of benzene rings is 1. The lowest BCUT2D eigenvalue weighted by Crippen LogP contribution is -2.05. The highest BCUT2D eigenvalue weighted by atomic mass is 16.1. The smallest absolute Gasteiger partial charge is 0.323 e. The van der Waals surface area contributed by atoms with Crippen molar-refractivity contribution < 1.29 is 4.79 Å². The van der Waals surface area contributed by atoms with E-state index in [2.05, 4.69) is 9.97 Å². The molecule has 1 amide bonds. The molecule has 1 heterocycles. The molecule has 0 aliphatic rings. The maximum absolute atomic E-state index is 11.0. The highest BCUT2D eigenvalue weighted by Crippen LogP contribution is 2.11. The number of imidazole rings is 1. The Labute approximate surface area is 84.6 Å². The zero-order valence-corrected chi connectivity index (χ0v) is 7.78. The topological polar surface area (TPSA) is 91.7 Å². The Hall–Kier alpha value is -2.30. The van der Waals surface area contributed by atoms with Crippen LogP contribution in [0, 0.1) is 0 Å². The molecule has 0 aliphatic heterocycles. The number of aromatic nitrogens is 2. The molecule has 0 aliphatic carbocycles. The van der Waals surface area contributed by atoms with E-state index in [-0.39, 0.29) is 5.69 Å². The van der Waals surface area contributed by atoms with Crippen molar-refractivity contribution in [1.29, 1.82) is 0 Å². The number of nitrogens with two attached hydrogens (primary N) is 1. The molecule has 0 bridgehead atoms. The van der Waals surface area contributed by atoms with Crippen LogP contribution in [0.5, 0.6) is 0 Å². The number of fused-ring (bicyclic) bond motifs is 1. The largest absolute Gasteiger partial charge is 0.366 e. The van der Waals surface area contributed by atoms with Gasteiger partial charge in [0.05, 0.1) is 11.0 Å². The van der Waals surface area contributed by atoms with E-state index in [1.807, 2.05) is 0 Å². The second kappa shape index (κ2) is 3.45. The first-order valence-corrected chi connectivity index (χ1v) is 4.35. The molecular formula is C10H9N3O2. The number of hydrogen-bond acceptors (Lipinski definition) is 2. The van der Waals surface area contributed by atoms with Gasteiger partial charge in [-0.15, -0.1) is 0 Å². The number of primary amides is 1. The van der Waals surface area contributed by atoms with E-state index in [1.165, 1.54) is 6.08 Å². The Morgan fingerprint density at radius 1 is 1.27 bits per heavy atom. The van der Waals surface area contributed by atoms with Gasteiger partial charge >= 0.3 is 5.69 Å². The summed E-state index contributed by atoms with van der Waals surface area (Å²) in [6.07, 6.45) is 2.86. The molecule has 15 heavy (non-hydrogen) atoms. The second-order valence-electron chi connectivity index (χ2n) is 3.12. The SMILES string of the molecule is NC(=O)C=Cc1ccc2[nH]c(=O)[nH]c2c1. The average molecular weight is 203 g/mol. The minimum Gasteiger partial charge on any atom is -0.366 e. The summed E-state index contributed by atoms with van der Waals surface area (Å²) in [5.74, 6) is -0.502. The van der Waals surface area contributed by atoms with Crippen molar-refractivity contribution in [3.8, 4) is 0 Å². The van der Waals surface area contributed by atoms with Crippen molar-refractivity contribution in [2.75, 3.05) is 0 Å². The fraction of sp³-hybridized carbons (Fsp3) is 0. The summed E-state index contributed by atoms with van der Waals surface area (Å²) in [4.78, 5) is 26.7. The van der Waals surface area contributed by atoms with Gasteiger partial charge in [-0.05, 0) is 23.8 Å². The van der Waals surface area contributed by atoms with Gasteiger partial charge in [0.15, 0.2) is 0 Å². The van der Waals surface area contributed by atoms with E-state index >= 15 is 0 Å². The van der Waals surface area contributed by atoms with E-state index in [0.29, 0.717) is 5.52 Å². The lowest BCUT2D eigenvalue weighted by molar-refractivity contribution is -0.113. The maximum Gasteiger partial charge on any atom is 0.323 e. The monoisotopic (exact) mass is 203 g/mol. The van der Waals surface area contributed by atoms with E-state index < -0.39 is 5.91 Å². The van der Waals surface area contributed by atoms with Crippen molar-refractivity contribution in [1.82, 2.24) is 9.97 Å². The molecule has 5 heteroatoms. The number of H-pyrrole nitrogens is 2. The maximum atomic E-state index is 11.0. The molecule has 4 N–H and O–H groups in total. The molecule has 0 saturated carbocycles. The van der Waals surface area contributed by atoms with Crippen LogP contribution in [0.2, 0.25) is 0 Å². The van der Waals surface area contributed by atoms with Crippen molar-refractivity contribution in [2.45, 2.75) is 0 Å². The van der Waals surface area contributed by atoms with E-state index in [4.69, 9.17) is 5.73 Å². The van der Waals surface area contributed by atoms with Gasteiger partial charge in [-0.3, -0.25) is 4.79 Å². The van der Waals surface area contributed by atoms with Gasteiger partial charge in [0.2, 0.25) is 5.91 Å². The molecule has 1 aromatic heterocycles. The summed E-state index contributed by atoms with van der Waals surface area (Å²) in [6, 6.07) is 5.30. The minimum atomic E-state index is -0.502. The molecule has 5 nitrogen and oxygen atoms in total. The molecule has 0 radical (unpaired) electrons. The third-order valence-electron chi connectivity index (χ3n) is 1.98. The molecule has 0 unspecified atom stereocenters. The lowest BCUT2D eigenvalue weighted by Gasteiger charge is -1.92. The standard InChI is InChI=1S/C10H9N3O2/c11-9(14)4-2-6-1-3-7-8(5-6)13-10(15)12-7/h1-5H,(H2,11,14)(H2,12,13,15). The predicted octanol–water partition coefficient (Wildman–Crippen LogP) is 0.355. The highest BCUT2D eigenvalue weighted by molar-refractivity contribution is 5.91. The van der Waals surface area contributed by atoms with Crippen LogP contribution in [-0.2, 0) is 4.79 Å². The number of aromatic amines is 2. The third-order valence-corrected chi connectivity index (χ3v) is 1.98. The van der Waals surface area contributed by atoms with Crippen molar-refractivity contribution in [3.05, 3.63) is 40.3 Å². The Morgan fingerprint density at radius 2 is 2.00 bits per heavy atom. The average Bonchev–Trinajstić information content (AvgIpc) is 2.53. The van der Waals surface area contributed by atoms with Crippen LogP contribution in [0.25, 0.3) is 17.1 Å². The van der Waals surface area contributed by atoms with Crippen molar-refractivity contribution in [3.63, 3.8) is 0 Å². The first kappa shape index (κ1) is 9.26. The van der Waals surface area contributed by atoms with Gasteiger partial charge in [-0.2, -0.15) is 0 Å². The van der Waals surface area contributed by atoms with Gasteiger partial charge in [0.1, 0.15) is 0 Å². The van der Waals surface area contributed by atoms with Crippen LogP contribution < -0.4 is 11.4 Å². The summed E-state index contributed by atoms with van der Waals surface area (Å²) in [6.45, 7) is 0. The summed E-state index contributed by atoms with van der Waals surface area (Å²) < 4.78 is 0. The fourth-order valence-corrected chi connectivity index (χ4v) is 1.33. The van der Waals surface area contributed by atoms with Crippen LogP contribution in [0.15, 0.2) is 29.1 Å². The fourth-order valence-electron chi connectivity index (χ4n) is 1.33. The van der Waals surface area contributed by atoms with Gasteiger partial charge in [0, 0.05) is 6.08 Å². The Morgan fingerprint density at radius 3 is 2.73 bits per heavy atom. The number of amides is 1. The van der Waals surface area contributed by atoms with Crippen LogP contribution in [0.4, 0.5) is 0 Å².